The summed E-state index contributed by atoms with van der Waals surface area (Å²) < 4.78 is 27.7. The van der Waals surface area contributed by atoms with Crippen LogP contribution in [0.1, 0.15) is 27.2 Å². The van der Waals surface area contributed by atoms with Gasteiger partial charge in [-0.3, -0.25) is 14.8 Å². The van der Waals surface area contributed by atoms with Crippen molar-refractivity contribution in [3.8, 4) is 11.1 Å². The average molecular weight is 468 g/mol. The summed E-state index contributed by atoms with van der Waals surface area (Å²) in [5.74, 6) is -1.72. The van der Waals surface area contributed by atoms with Crippen LogP contribution in [0.5, 0.6) is 0 Å². The van der Waals surface area contributed by atoms with E-state index >= 15 is 0 Å². The van der Waals surface area contributed by atoms with Crippen LogP contribution in [-0.2, 0) is 19.6 Å². The molecule has 0 spiro atoms. The van der Waals surface area contributed by atoms with Crippen molar-refractivity contribution in [2.75, 3.05) is 0 Å². The zero-order valence-corrected chi connectivity index (χ0v) is 19.0. The lowest BCUT2D eigenvalue weighted by Crippen LogP contribution is -2.54. The number of rotatable bonds is 9. The Hall–Kier alpha value is -2.46. The zero-order chi connectivity index (χ0) is 23.2. The molecule has 0 aliphatic heterocycles. The second-order valence-corrected chi connectivity index (χ2v) is 9.37. The van der Waals surface area contributed by atoms with Gasteiger partial charge in [0.05, 0.1) is 10.9 Å². The molecule has 0 aliphatic carbocycles. The average Bonchev–Trinajstić information content (AvgIpc) is 2.76. The summed E-state index contributed by atoms with van der Waals surface area (Å²) in [7, 11) is -3.98. The summed E-state index contributed by atoms with van der Waals surface area (Å²) in [6, 6.07) is 11.2. The Bertz CT molecular complexity index is 1010. The Labute approximate surface area is 187 Å². The molecule has 0 heterocycles. The normalized spacial score (nSPS) is 14.4. The van der Waals surface area contributed by atoms with Crippen molar-refractivity contribution in [1.29, 1.82) is 0 Å². The number of carbonyl (C=O) groups excluding carboxylic acids is 2. The summed E-state index contributed by atoms with van der Waals surface area (Å²) in [6.07, 6.45) is 0.568. The van der Waals surface area contributed by atoms with Crippen LogP contribution in [-0.4, -0.2) is 37.5 Å². The van der Waals surface area contributed by atoms with Crippen LogP contribution in [0.4, 0.5) is 0 Å². The van der Waals surface area contributed by atoms with Gasteiger partial charge in [-0.2, -0.15) is 4.72 Å². The molecule has 0 aliphatic rings. The van der Waals surface area contributed by atoms with Gasteiger partial charge in [0.1, 0.15) is 6.04 Å². The van der Waals surface area contributed by atoms with Gasteiger partial charge in [0, 0.05) is 5.02 Å². The molecule has 0 saturated heterocycles. The molecule has 0 fully saturated rings. The van der Waals surface area contributed by atoms with Gasteiger partial charge in [0.25, 0.3) is 5.91 Å². The van der Waals surface area contributed by atoms with Crippen molar-refractivity contribution in [3.05, 3.63) is 53.6 Å². The highest BCUT2D eigenvalue weighted by molar-refractivity contribution is 7.89. The first-order valence-corrected chi connectivity index (χ1v) is 11.6. The minimum atomic E-state index is -3.98. The summed E-state index contributed by atoms with van der Waals surface area (Å²) in [6.45, 7) is 4.94. The van der Waals surface area contributed by atoms with Gasteiger partial charge in [-0.1, -0.05) is 56.1 Å². The number of nitrogens with one attached hydrogen (secondary N) is 3. The van der Waals surface area contributed by atoms with E-state index < -0.39 is 33.9 Å². The fraction of sp³-hybridized carbons (Fsp3) is 0.333. The molecule has 2 aromatic rings. The first kappa shape index (κ1) is 24.8. The first-order chi connectivity index (χ1) is 14.6. The van der Waals surface area contributed by atoms with Gasteiger partial charge in [-0.15, -0.1) is 0 Å². The quantitative estimate of drug-likeness (QED) is 0.333. The third-order valence-electron chi connectivity index (χ3n) is 4.97. The van der Waals surface area contributed by atoms with Gasteiger partial charge in [-0.25, -0.2) is 13.9 Å². The summed E-state index contributed by atoms with van der Waals surface area (Å²) in [5, 5.41) is 12.0. The number of hydroxylamine groups is 1. The van der Waals surface area contributed by atoms with Crippen LogP contribution in [0.25, 0.3) is 11.1 Å². The highest BCUT2D eigenvalue weighted by atomic mass is 35.5. The molecule has 3 atom stereocenters. The van der Waals surface area contributed by atoms with E-state index in [-0.39, 0.29) is 10.8 Å². The largest absolute Gasteiger partial charge is 0.343 e. The molecule has 10 heteroatoms. The molecular formula is C21H26ClN3O5S. The van der Waals surface area contributed by atoms with Crippen molar-refractivity contribution >= 4 is 33.4 Å². The third kappa shape index (κ3) is 6.51. The maximum absolute atomic E-state index is 12.7. The number of benzene rings is 2. The van der Waals surface area contributed by atoms with E-state index in [0.717, 1.165) is 11.1 Å². The van der Waals surface area contributed by atoms with Crippen molar-refractivity contribution in [3.63, 3.8) is 0 Å². The van der Waals surface area contributed by atoms with E-state index in [1.54, 1.807) is 31.2 Å². The predicted octanol–water partition coefficient (Wildman–Crippen LogP) is 2.71. The smallest absolute Gasteiger partial charge is 0.266 e. The Morgan fingerprint density at radius 1 is 0.968 bits per heavy atom. The molecule has 2 aromatic carbocycles. The molecule has 31 heavy (non-hydrogen) atoms. The van der Waals surface area contributed by atoms with Crippen LogP contribution >= 0.6 is 11.6 Å². The van der Waals surface area contributed by atoms with Crippen molar-refractivity contribution < 1.29 is 23.2 Å². The van der Waals surface area contributed by atoms with Crippen molar-refractivity contribution in [2.45, 2.75) is 44.2 Å². The highest BCUT2D eigenvalue weighted by Crippen LogP contribution is 2.23. The fourth-order valence-electron chi connectivity index (χ4n) is 2.87. The minimum absolute atomic E-state index is 0.00330. The second kappa shape index (κ2) is 10.7. The number of sulfonamides is 1. The van der Waals surface area contributed by atoms with Crippen LogP contribution < -0.4 is 15.5 Å². The molecule has 4 N–H and O–H groups in total. The molecule has 168 valence electrons. The van der Waals surface area contributed by atoms with Crippen LogP contribution in [0.3, 0.4) is 0 Å². The lowest BCUT2D eigenvalue weighted by atomic mass is 9.98. The zero-order valence-electron chi connectivity index (χ0n) is 17.4. The fourth-order valence-corrected chi connectivity index (χ4v) is 4.20. The maximum atomic E-state index is 12.7. The van der Waals surface area contributed by atoms with E-state index in [9.17, 15) is 18.0 Å². The SMILES string of the molecule is CC[C@H](C)[C@H](NC(=O)[C@H](C)NS(=O)(=O)c1ccc(-c2ccc(Cl)cc2)cc1)C(=O)NO. The lowest BCUT2D eigenvalue weighted by Gasteiger charge is -2.24. The topological polar surface area (TPSA) is 125 Å². The van der Waals surface area contributed by atoms with E-state index in [1.807, 2.05) is 19.1 Å². The molecule has 0 aromatic heterocycles. The second-order valence-electron chi connectivity index (χ2n) is 7.22. The van der Waals surface area contributed by atoms with Gasteiger partial charge in [0.15, 0.2) is 0 Å². The van der Waals surface area contributed by atoms with Gasteiger partial charge >= 0.3 is 0 Å². The highest BCUT2D eigenvalue weighted by Gasteiger charge is 2.29. The third-order valence-corrected chi connectivity index (χ3v) is 6.78. The van der Waals surface area contributed by atoms with E-state index in [1.165, 1.54) is 24.5 Å². The van der Waals surface area contributed by atoms with E-state index in [4.69, 9.17) is 16.8 Å². The first-order valence-electron chi connectivity index (χ1n) is 9.71. The molecule has 8 nitrogen and oxygen atoms in total. The van der Waals surface area contributed by atoms with Crippen LogP contribution in [0.2, 0.25) is 5.02 Å². The van der Waals surface area contributed by atoms with Crippen molar-refractivity contribution in [1.82, 2.24) is 15.5 Å². The van der Waals surface area contributed by atoms with Crippen molar-refractivity contribution in [2.24, 2.45) is 5.92 Å². The van der Waals surface area contributed by atoms with Gasteiger partial charge in [-0.05, 0) is 48.2 Å². The summed E-state index contributed by atoms with van der Waals surface area (Å²) in [4.78, 5) is 24.3. The molecule has 0 unspecified atom stereocenters. The maximum Gasteiger partial charge on any atom is 0.266 e. The van der Waals surface area contributed by atoms with Crippen LogP contribution in [0, 0.1) is 5.92 Å². The Morgan fingerprint density at radius 2 is 1.48 bits per heavy atom. The lowest BCUT2D eigenvalue weighted by molar-refractivity contribution is -0.136. The molecule has 2 rings (SSSR count). The standard InChI is InChI=1S/C21H26ClN3O5S/c1-4-13(2)19(21(27)24-28)23-20(26)14(3)25-31(29,30)18-11-7-16(8-12-18)15-5-9-17(22)10-6-15/h5-14,19,25,28H,4H2,1-3H3,(H,23,26)(H,24,27)/t13-,14-,19-/m0/s1. The number of halogens is 1. The number of hydrogen-bond donors (Lipinski definition) is 4. The molecule has 2 amide bonds. The summed E-state index contributed by atoms with van der Waals surface area (Å²) in [5.41, 5.74) is 3.22. The molecule has 0 bridgehead atoms. The molecule has 0 radical (unpaired) electrons. The Morgan fingerprint density at radius 3 is 1.97 bits per heavy atom. The van der Waals surface area contributed by atoms with E-state index in [0.29, 0.717) is 11.4 Å². The molecular weight excluding hydrogens is 442 g/mol. The monoisotopic (exact) mass is 467 g/mol. The van der Waals surface area contributed by atoms with Gasteiger partial charge in [0.2, 0.25) is 15.9 Å². The Kier molecular flexibility index (Phi) is 8.58. The van der Waals surface area contributed by atoms with Crippen LogP contribution in [0.15, 0.2) is 53.4 Å². The van der Waals surface area contributed by atoms with Gasteiger partial charge < -0.3 is 5.32 Å². The number of carbonyl (C=O) groups is 2. The number of hydrogen-bond acceptors (Lipinski definition) is 5. The minimum Gasteiger partial charge on any atom is -0.343 e. The van der Waals surface area contributed by atoms with E-state index in [2.05, 4.69) is 10.0 Å². The molecule has 0 saturated carbocycles. The predicted molar refractivity (Wildman–Crippen MR) is 118 cm³/mol. The Balaban J connectivity index is 2.10. The number of amides is 2. The summed E-state index contributed by atoms with van der Waals surface area (Å²) >= 11 is 5.89.